The van der Waals surface area contributed by atoms with E-state index >= 15 is 0 Å². The Morgan fingerprint density at radius 3 is 2.56 bits per heavy atom. The average molecular weight is 270 g/mol. The van der Waals surface area contributed by atoms with Crippen LogP contribution in [0, 0.1) is 0 Å². The number of thiazole rings is 1. The maximum Gasteiger partial charge on any atom is 0.185 e. The van der Waals surface area contributed by atoms with E-state index in [0.29, 0.717) is 6.04 Å². The molecule has 0 aliphatic heterocycles. The first kappa shape index (κ1) is 15.4. The zero-order chi connectivity index (χ0) is 13.5. The van der Waals surface area contributed by atoms with Crippen LogP contribution < -0.4 is 10.2 Å². The predicted molar refractivity (Wildman–Crippen MR) is 80.5 cm³/mol. The lowest BCUT2D eigenvalue weighted by atomic mass is 10.3. The summed E-state index contributed by atoms with van der Waals surface area (Å²) in [6.07, 6.45) is 1.99. The molecule has 1 aromatic heterocycles. The molecule has 0 aliphatic carbocycles. The number of rotatable bonds is 8. The third-order valence-corrected chi connectivity index (χ3v) is 3.90. The quantitative estimate of drug-likeness (QED) is 0.783. The smallest absolute Gasteiger partial charge is 0.185 e. The molecule has 18 heavy (non-hydrogen) atoms. The van der Waals surface area contributed by atoms with Crippen LogP contribution in [0.25, 0.3) is 0 Å². The molecule has 104 valence electrons. The Balaban J connectivity index is 2.44. The molecule has 1 N–H and O–H groups in total. The number of hydrogen-bond acceptors (Lipinski definition) is 5. The number of hydrogen-bond donors (Lipinski definition) is 1. The lowest BCUT2D eigenvalue weighted by molar-refractivity contribution is 0.349. The minimum Gasteiger partial charge on any atom is -0.349 e. The van der Waals surface area contributed by atoms with Crippen LogP contribution in [0.1, 0.15) is 25.6 Å². The summed E-state index contributed by atoms with van der Waals surface area (Å²) in [5.41, 5.74) is 0. The third-order valence-electron chi connectivity index (χ3n) is 2.84. The minimum atomic E-state index is 0.499. The van der Waals surface area contributed by atoms with Crippen molar-refractivity contribution in [3.05, 3.63) is 11.1 Å². The molecular formula is C13H26N4S. The van der Waals surface area contributed by atoms with Gasteiger partial charge in [-0.1, -0.05) is 0 Å². The number of nitrogens with zero attached hydrogens (tertiary/aromatic N) is 3. The Morgan fingerprint density at radius 1 is 1.33 bits per heavy atom. The first-order valence-corrected chi connectivity index (χ1v) is 7.46. The second-order valence-corrected chi connectivity index (χ2v) is 5.92. The number of likely N-dealkylation sites (N-methyl/N-ethyl adjacent to an activating group) is 1. The van der Waals surface area contributed by atoms with Crippen LogP contribution in [0.3, 0.4) is 0 Å². The summed E-state index contributed by atoms with van der Waals surface area (Å²) >= 11 is 1.79. The summed E-state index contributed by atoms with van der Waals surface area (Å²) in [6.45, 7) is 10.6. The summed E-state index contributed by atoms with van der Waals surface area (Å²) < 4.78 is 0. The molecule has 0 spiro atoms. The Morgan fingerprint density at radius 2 is 2.00 bits per heavy atom. The van der Waals surface area contributed by atoms with Crippen LogP contribution in [-0.2, 0) is 6.54 Å². The van der Waals surface area contributed by atoms with Crippen molar-refractivity contribution in [2.45, 2.75) is 33.4 Å². The minimum absolute atomic E-state index is 0.499. The lowest BCUT2D eigenvalue weighted by Gasteiger charge is -2.18. The SMILES string of the molecule is CCN(CC)c1ncc(CNC(C)CN(C)C)s1. The zero-order valence-electron chi connectivity index (χ0n) is 12.2. The molecule has 1 aromatic rings. The van der Waals surface area contributed by atoms with Gasteiger partial charge in [0.2, 0.25) is 0 Å². The molecule has 0 fully saturated rings. The molecular weight excluding hydrogens is 244 g/mol. The van der Waals surface area contributed by atoms with E-state index in [1.165, 1.54) is 4.88 Å². The van der Waals surface area contributed by atoms with E-state index in [9.17, 15) is 0 Å². The van der Waals surface area contributed by atoms with Gasteiger partial charge in [0.05, 0.1) is 0 Å². The van der Waals surface area contributed by atoms with E-state index in [1.807, 2.05) is 6.20 Å². The molecule has 5 heteroatoms. The Kier molecular flexibility index (Phi) is 6.60. The highest BCUT2D eigenvalue weighted by Crippen LogP contribution is 2.22. The fourth-order valence-electron chi connectivity index (χ4n) is 1.91. The van der Waals surface area contributed by atoms with Crippen molar-refractivity contribution < 1.29 is 0 Å². The van der Waals surface area contributed by atoms with Gasteiger partial charge in [-0.2, -0.15) is 0 Å². The molecule has 0 saturated heterocycles. The van der Waals surface area contributed by atoms with Crippen LogP contribution in [0.5, 0.6) is 0 Å². The first-order chi connectivity index (χ1) is 8.56. The summed E-state index contributed by atoms with van der Waals surface area (Å²) in [6, 6.07) is 0.499. The molecule has 1 rings (SSSR count). The highest BCUT2D eigenvalue weighted by atomic mass is 32.1. The standard InChI is InChI=1S/C13H26N4S/c1-6-17(7-2)13-15-9-12(18-13)8-14-11(3)10-16(4)5/h9,11,14H,6-8,10H2,1-5H3. The van der Waals surface area contributed by atoms with Crippen molar-refractivity contribution in [3.63, 3.8) is 0 Å². The lowest BCUT2D eigenvalue weighted by Crippen LogP contribution is -2.35. The van der Waals surface area contributed by atoms with E-state index in [2.05, 4.69) is 55.0 Å². The van der Waals surface area contributed by atoms with Gasteiger partial charge in [-0.15, -0.1) is 11.3 Å². The number of anilines is 1. The van der Waals surface area contributed by atoms with Crippen molar-refractivity contribution >= 4 is 16.5 Å². The van der Waals surface area contributed by atoms with E-state index in [1.54, 1.807) is 11.3 Å². The van der Waals surface area contributed by atoms with Gasteiger partial charge >= 0.3 is 0 Å². The van der Waals surface area contributed by atoms with Crippen molar-refractivity contribution in [3.8, 4) is 0 Å². The zero-order valence-corrected chi connectivity index (χ0v) is 13.0. The van der Waals surface area contributed by atoms with Gasteiger partial charge in [0.25, 0.3) is 0 Å². The Hall–Kier alpha value is -0.650. The van der Waals surface area contributed by atoms with Gasteiger partial charge < -0.3 is 15.1 Å². The molecule has 0 bridgehead atoms. The van der Waals surface area contributed by atoms with Crippen molar-refractivity contribution in [2.75, 3.05) is 38.6 Å². The largest absolute Gasteiger partial charge is 0.349 e. The Bertz CT molecular complexity index is 333. The molecule has 0 saturated carbocycles. The van der Waals surface area contributed by atoms with Crippen LogP contribution in [0.2, 0.25) is 0 Å². The molecule has 0 radical (unpaired) electrons. The van der Waals surface area contributed by atoms with Crippen molar-refractivity contribution in [2.24, 2.45) is 0 Å². The van der Waals surface area contributed by atoms with Gasteiger partial charge in [0, 0.05) is 43.3 Å². The molecule has 0 aromatic carbocycles. The van der Waals surface area contributed by atoms with Crippen molar-refractivity contribution in [1.29, 1.82) is 0 Å². The maximum atomic E-state index is 4.49. The topological polar surface area (TPSA) is 31.4 Å². The molecule has 1 unspecified atom stereocenters. The predicted octanol–water partition coefficient (Wildman–Crippen LogP) is 2.03. The highest BCUT2D eigenvalue weighted by Gasteiger charge is 2.08. The van der Waals surface area contributed by atoms with Crippen LogP contribution in [0.4, 0.5) is 5.13 Å². The summed E-state index contributed by atoms with van der Waals surface area (Å²) in [5.74, 6) is 0. The average Bonchev–Trinajstić information content (AvgIpc) is 2.76. The summed E-state index contributed by atoms with van der Waals surface area (Å²) in [5, 5.41) is 4.66. The fourth-order valence-corrected chi connectivity index (χ4v) is 2.89. The monoisotopic (exact) mass is 270 g/mol. The normalized spacial score (nSPS) is 13.0. The maximum absolute atomic E-state index is 4.49. The molecule has 4 nitrogen and oxygen atoms in total. The van der Waals surface area contributed by atoms with Gasteiger partial charge in [-0.25, -0.2) is 4.98 Å². The summed E-state index contributed by atoms with van der Waals surface area (Å²) in [7, 11) is 4.20. The third kappa shape index (κ3) is 4.92. The number of nitrogens with one attached hydrogen (secondary N) is 1. The second kappa shape index (κ2) is 7.71. The van der Waals surface area contributed by atoms with Gasteiger partial charge in [-0.3, -0.25) is 0 Å². The van der Waals surface area contributed by atoms with E-state index in [-0.39, 0.29) is 0 Å². The van der Waals surface area contributed by atoms with E-state index < -0.39 is 0 Å². The second-order valence-electron chi connectivity index (χ2n) is 4.83. The fraction of sp³-hybridized carbons (Fsp3) is 0.769. The van der Waals surface area contributed by atoms with Gasteiger partial charge in [0.1, 0.15) is 0 Å². The Labute approximate surface area is 115 Å². The van der Waals surface area contributed by atoms with Crippen LogP contribution >= 0.6 is 11.3 Å². The molecule has 1 atom stereocenters. The molecule has 0 amide bonds. The van der Waals surface area contributed by atoms with Crippen LogP contribution in [0.15, 0.2) is 6.20 Å². The highest BCUT2D eigenvalue weighted by molar-refractivity contribution is 7.15. The van der Waals surface area contributed by atoms with E-state index in [4.69, 9.17) is 0 Å². The first-order valence-electron chi connectivity index (χ1n) is 6.64. The summed E-state index contributed by atoms with van der Waals surface area (Å²) in [4.78, 5) is 10.3. The van der Waals surface area contributed by atoms with E-state index in [0.717, 1.165) is 31.3 Å². The van der Waals surface area contributed by atoms with Gasteiger partial charge in [0.15, 0.2) is 5.13 Å². The molecule has 1 heterocycles. The van der Waals surface area contributed by atoms with Crippen molar-refractivity contribution in [1.82, 2.24) is 15.2 Å². The number of aromatic nitrogens is 1. The van der Waals surface area contributed by atoms with Crippen LogP contribution in [-0.4, -0.2) is 49.7 Å². The van der Waals surface area contributed by atoms with Gasteiger partial charge in [-0.05, 0) is 34.9 Å². The molecule has 0 aliphatic rings.